The van der Waals surface area contributed by atoms with Crippen molar-refractivity contribution in [1.82, 2.24) is 10.3 Å². The number of rotatable bonds is 4. The highest BCUT2D eigenvalue weighted by atomic mass is 16.3. The molecule has 1 fully saturated rings. The van der Waals surface area contributed by atoms with Crippen LogP contribution >= 0.6 is 0 Å². The molecule has 0 saturated carbocycles. The van der Waals surface area contributed by atoms with Crippen molar-refractivity contribution in [2.45, 2.75) is 32.3 Å². The predicted octanol–water partition coefficient (Wildman–Crippen LogP) is 1.49. The Balaban J connectivity index is 2.05. The number of nitrogens with one attached hydrogen (secondary N) is 1. The third-order valence-corrected chi connectivity index (χ3v) is 3.90. The number of aromatic nitrogens is 1. The smallest absolute Gasteiger partial charge is 0.224 e. The van der Waals surface area contributed by atoms with Crippen LogP contribution in [0.1, 0.15) is 38.0 Å². The van der Waals surface area contributed by atoms with E-state index in [-0.39, 0.29) is 11.8 Å². The Morgan fingerprint density at radius 3 is 3.00 bits per heavy atom. The Labute approximate surface area is 120 Å². The van der Waals surface area contributed by atoms with Gasteiger partial charge in [-0.25, -0.2) is 0 Å². The third kappa shape index (κ3) is 3.28. The van der Waals surface area contributed by atoms with Crippen LogP contribution in [0.4, 0.5) is 5.69 Å². The molecule has 2 unspecified atom stereocenters. The first-order valence-electron chi connectivity index (χ1n) is 7.26. The van der Waals surface area contributed by atoms with Gasteiger partial charge < -0.3 is 15.3 Å². The molecule has 2 atom stereocenters. The fourth-order valence-corrected chi connectivity index (χ4v) is 2.62. The van der Waals surface area contributed by atoms with Gasteiger partial charge in [0.1, 0.15) is 0 Å². The van der Waals surface area contributed by atoms with Crippen LogP contribution in [0.15, 0.2) is 18.3 Å². The van der Waals surface area contributed by atoms with Gasteiger partial charge in [0.2, 0.25) is 5.91 Å². The van der Waals surface area contributed by atoms with Crippen molar-refractivity contribution in [3.8, 4) is 0 Å². The number of anilines is 1. The molecule has 0 bridgehead atoms. The van der Waals surface area contributed by atoms with Gasteiger partial charge in [0.15, 0.2) is 0 Å². The van der Waals surface area contributed by atoms with Crippen molar-refractivity contribution >= 4 is 11.6 Å². The zero-order valence-corrected chi connectivity index (χ0v) is 12.2. The molecule has 0 aromatic carbocycles. The van der Waals surface area contributed by atoms with Crippen molar-refractivity contribution in [2.75, 3.05) is 25.0 Å². The third-order valence-electron chi connectivity index (χ3n) is 3.90. The van der Waals surface area contributed by atoms with Crippen LogP contribution in [0.5, 0.6) is 0 Å². The van der Waals surface area contributed by atoms with Crippen LogP contribution in [0, 0.1) is 5.92 Å². The molecule has 110 valence electrons. The minimum atomic E-state index is -0.496. The molecule has 1 aliphatic heterocycles. The van der Waals surface area contributed by atoms with E-state index in [0.29, 0.717) is 12.1 Å². The van der Waals surface area contributed by atoms with E-state index in [1.165, 1.54) is 0 Å². The van der Waals surface area contributed by atoms with Gasteiger partial charge in [0, 0.05) is 20.1 Å². The molecule has 5 nitrogen and oxygen atoms in total. The Morgan fingerprint density at radius 2 is 2.40 bits per heavy atom. The van der Waals surface area contributed by atoms with Gasteiger partial charge in [-0.1, -0.05) is 6.92 Å². The minimum absolute atomic E-state index is 0.0506. The van der Waals surface area contributed by atoms with Crippen LogP contribution in [0.25, 0.3) is 0 Å². The second kappa shape index (κ2) is 6.70. The van der Waals surface area contributed by atoms with Gasteiger partial charge >= 0.3 is 0 Å². The molecule has 2 N–H and O–H groups in total. The largest absolute Gasteiger partial charge is 0.387 e. The van der Waals surface area contributed by atoms with E-state index >= 15 is 0 Å². The zero-order valence-electron chi connectivity index (χ0n) is 12.2. The Morgan fingerprint density at radius 1 is 1.60 bits per heavy atom. The lowest BCUT2D eigenvalue weighted by molar-refractivity contribution is -0.124. The molecule has 0 aliphatic carbocycles. The summed E-state index contributed by atoms with van der Waals surface area (Å²) in [6.45, 7) is 3.61. The summed E-state index contributed by atoms with van der Waals surface area (Å²) < 4.78 is 0. The molecule has 1 saturated heterocycles. The summed E-state index contributed by atoms with van der Waals surface area (Å²) in [4.78, 5) is 18.3. The number of carbonyl (C=O) groups is 1. The van der Waals surface area contributed by atoms with E-state index in [9.17, 15) is 9.90 Å². The number of carbonyl (C=O) groups excluding carboxylic acids is 1. The molecule has 20 heavy (non-hydrogen) atoms. The molecule has 0 radical (unpaired) electrons. The molecule has 1 aromatic heterocycles. The lowest BCUT2D eigenvalue weighted by Crippen LogP contribution is -2.42. The Kier molecular flexibility index (Phi) is 4.95. The second-order valence-electron chi connectivity index (χ2n) is 5.26. The fraction of sp³-hybridized carbons (Fsp3) is 0.600. The SMILES string of the molecule is CCC(O)c1ccc(N2CCCC(C(=O)NC)C2)cn1. The number of aliphatic hydroxyl groups excluding tert-OH is 1. The quantitative estimate of drug-likeness (QED) is 0.875. The molecule has 0 spiro atoms. The van der Waals surface area contributed by atoms with Crippen LogP contribution in [-0.4, -0.2) is 36.1 Å². The maximum Gasteiger partial charge on any atom is 0.224 e. The number of pyridine rings is 1. The minimum Gasteiger partial charge on any atom is -0.387 e. The fourth-order valence-electron chi connectivity index (χ4n) is 2.62. The summed E-state index contributed by atoms with van der Waals surface area (Å²) in [6.07, 6.45) is 3.91. The van der Waals surface area contributed by atoms with Crippen molar-refractivity contribution in [2.24, 2.45) is 5.92 Å². The first kappa shape index (κ1) is 14.8. The van der Waals surface area contributed by atoms with Gasteiger partial charge in [0.25, 0.3) is 0 Å². The first-order valence-corrected chi connectivity index (χ1v) is 7.26. The highest BCUT2D eigenvalue weighted by Crippen LogP contribution is 2.24. The van der Waals surface area contributed by atoms with E-state index in [2.05, 4.69) is 15.2 Å². The highest BCUT2D eigenvalue weighted by molar-refractivity contribution is 5.79. The highest BCUT2D eigenvalue weighted by Gasteiger charge is 2.25. The summed E-state index contributed by atoms with van der Waals surface area (Å²) in [5.41, 5.74) is 1.72. The molecule has 5 heteroatoms. The maximum atomic E-state index is 11.7. The van der Waals surface area contributed by atoms with E-state index in [1.54, 1.807) is 13.2 Å². The van der Waals surface area contributed by atoms with Gasteiger partial charge in [-0.2, -0.15) is 0 Å². The van der Waals surface area contributed by atoms with Crippen molar-refractivity contribution in [3.63, 3.8) is 0 Å². The summed E-state index contributed by atoms with van der Waals surface area (Å²) >= 11 is 0. The molecular formula is C15H23N3O2. The number of aliphatic hydroxyl groups is 1. The van der Waals surface area contributed by atoms with E-state index in [4.69, 9.17) is 0 Å². The summed E-state index contributed by atoms with van der Waals surface area (Å²) in [5, 5.41) is 12.5. The molecule has 1 aliphatic rings. The van der Waals surface area contributed by atoms with Crippen LogP contribution in [0.2, 0.25) is 0 Å². The summed E-state index contributed by atoms with van der Waals surface area (Å²) in [7, 11) is 1.68. The first-order chi connectivity index (χ1) is 9.65. The average Bonchev–Trinajstić information content (AvgIpc) is 2.53. The predicted molar refractivity (Wildman–Crippen MR) is 78.5 cm³/mol. The van der Waals surface area contributed by atoms with E-state index < -0.39 is 6.10 Å². The normalized spacial score (nSPS) is 20.6. The van der Waals surface area contributed by atoms with Gasteiger partial charge in [-0.15, -0.1) is 0 Å². The van der Waals surface area contributed by atoms with Crippen LogP contribution < -0.4 is 10.2 Å². The number of hydrogen-bond donors (Lipinski definition) is 2. The van der Waals surface area contributed by atoms with Crippen molar-refractivity contribution < 1.29 is 9.90 Å². The van der Waals surface area contributed by atoms with Crippen LogP contribution in [0.3, 0.4) is 0 Å². The molecular weight excluding hydrogens is 254 g/mol. The number of piperidine rings is 1. The topological polar surface area (TPSA) is 65.5 Å². The van der Waals surface area contributed by atoms with Gasteiger partial charge in [0.05, 0.1) is 29.6 Å². The standard InChI is InChI=1S/C15H23N3O2/c1-3-14(19)13-7-6-12(9-17-13)18-8-4-5-11(10-18)15(20)16-2/h6-7,9,11,14,19H,3-5,8,10H2,1-2H3,(H,16,20). The lowest BCUT2D eigenvalue weighted by Gasteiger charge is -2.33. The average molecular weight is 277 g/mol. The zero-order chi connectivity index (χ0) is 14.5. The molecule has 2 heterocycles. The van der Waals surface area contributed by atoms with Crippen molar-refractivity contribution in [3.05, 3.63) is 24.0 Å². The Hall–Kier alpha value is -1.62. The van der Waals surface area contributed by atoms with E-state index in [1.807, 2.05) is 19.1 Å². The number of hydrogen-bond acceptors (Lipinski definition) is 4. The monoisotopic (exact) mass is 277 g/mol. The Bertz CT molecular complexity index is 447. The summed E-state index contributed by atoms with van der Waals surface area (Å²) in [6, 6.07) is 3.85. The summed E-state index contributed by atoms with van der Waals surface area (Å²) in [5.74, 6) is 0.162. The van der Waals surface area contributed by atoms with Gasteiger partial charge in [-0.3, -0.25) is 9.78 Å². The number of nitrogens with zero attached hydrogens (tertiary/aromatic N) is 2. The van der Waals surface area contributed by atoms with E-state index in [0.717, 1.165) is 31.6 Å². The molecule has 1 aromatic rings. The molecule has 2 rings (SSSR count). The lowest BCUT2D eigenvalue weighted by atomic mass is 9.97. The van der Waals surface area contributed by atoms with Crippen molar-refractivity contribution in [1.29, 1.82) is 0 Å². The van der Waals surface area contributed by atoms with Crippen LogP contribution in [-0.2, 0) is 4.79 Å². The second-order valence-corrected chi connectivity index (χ2v) is 5.26. The maximum absolute atomic E-state index is 11.7. The number of amides is 1. The molecule has 1 amide bonds. The van der Waals surface area contributed by atoms with Gasteiger partial charge in [-0.05, 0) is 31.4 Å².